The van der Waals surface area contributed by atoms with Gasteiger partial charge in [-0.3, -0.25) is 9.63 Å². The van der Waals surface area contributed by atoms with Crippen LogP contribution in [0.25, 0.3) is 0 Å². The second-order valence-electron chi connectivity index (χ2n) is 5.44. The Morgan fingerprint density at radius 2 is 1.83 bits per heavy atom. The first-order chi connectivity index (χ1) is 8.37. The van der Waals surface area contributed by atoms with E-state index in [1.807, 2.05) is 0 Å². The molecule has 0 heterocycles. The van der Waals surface area contributed by atoms with Crippen LogP contribution in [0.1, 0.15) is 46.5 Å². The van der Waals surface area contributed by atoms with Crippen LogP contribution in [0.15, 0.2) is 0 Å². The third-order valence-corrected chi connectivity index (χ3v) is 2.48. The Labute approximate surface area is 107 Å². The van der Waals surface area contributed by atoms with Gasteiger partial charge >= 0.3 is 6.09 Å². The van der Waals surface area contributed by atoms with Gasteiger partial charge in [-0.2, -0.15) is 5.48 Å². The summed E-state index contributed by atoms with van der Waals surface area (Å²) in [6, 6.07) is 0.252. The summed E-state index contributed by atoms with van der Waals surface area (Å²) < 4.78 is 4.95. The molecule has 6 nitrogen and oxygen atoms in total. The number of carbonyl (C=O) groups excluding carboxylic acids is 2. The van der Waals surface area contributed by atoms with Crippen molar-refractivity contribution in [1.29, 1.82) is 0 Å². The molecule has 1 saturated carbocycles. The Kier molecular flexibility index (Phi) is 5.40. The molecule has 0 spiro atoms. The van der Waals surface area contributed by atoms with Crippen LogP contribution in [0.4, 0.5) is 4.79 Å². The largest absolute Gasteiger partial charge is 0.442 e. The van der Waals surface area contributed by atoms with E-state index in [9.17, 15) is 9.59 Å². The van der Waals surface area contributed by atoms with Gasteiger partial charge in [-0.1, -0.05) is 12.8 Å². The number of ether oxygens (including phenoxy) is 1. The van der Waals surface area contributed by atoms with Gasteiger partial charge in [-0.15, -0.1) is 0 Å². The summed E-state index contributed by atoms with van der Waals surface area (Å²) in [7, 11) is 0. The van der Waals surface area contributed by atoms with Crippen LogP contribution >= 0.6 is 0 Å². The van der Waals surface area contributed by atoms with Crippen molar-refractivity contribution < 1.29 is 19.2 Å². The molecule has 0 aromatic rings. The summed E-state index contributed by atoms with van der Waals surface area (Å²) in [4.78, 5) is 27.4. The van der Waals surface area contributed by atoms with E-state index in [2.05, 4.69) is 10.8 Å². The van der Waals surface area contributed by atoms with Crippen molar-refractivity contribution >= 4 is 12.0 Å². The smallest absolute Gasteiger partial charge is 0.431 e. The monoisotopic (exact) mass is 258 g/mol. The summed E-state index contributed by atoms with van der Waals surface area (Å²) >= 11 is 0. The summed E-state index contributed by atoms with van der Waals surface area (Å²) in [5.74, 6) is -0.224. The zero-order valence-corrected chi connectivity index (χ0v) is 11.2. The SMILES string of the molecule is CC(C)(C)OC(=O)NOCC(=O)NC1CCCC1. The number of hydroxylamine groups is 1. The second-order valence-corrected chi connectivity index (χ2v) is 5.44. The topological polar surface area (TPSA) is 76.7 Å². The van der Waals surface area contributed by atoms with E-state index in [4.69, 9.17) is 9.57 Å². The molecule has 0 saturated heterocycles. The molecule has 104 valence electrons. The molecule has 1 aliphatic rings. The average Bonchev–Trinajstić information content (AvgIpc) is 2.67. The third kappa shape index (κ3) is 6.44. The molecule has 6 heteroatoms. The molecule has 0 aromatic heterocycles. The van der Waals surface area contributed by atoms with Crippen molar-refractivity contribution in [2.45, 2.75) is 58.1 Å². The Morgan fingerprint density at radius 1 is 1.22 bits per heavy atom. The fourth-order valence-corrected chi connectivity index (χ4v) is 1.80. The number of amides is 2. The molecule has 18 heavy (non-hydrogen) atoms. The van der Waals surface area contributed by atoms with Crippen molar-refractivity contribution in [2.24, 2.45) is 0 Å². The maximum Gasteiger partial charge on any atom is 0.431 e. The molecule has 0 aliphatic heterocycles. The number of carbonyl (C=O) groups is 2. The van der Waals surface area contributed by atoms with Gasteiger partial charge in [-0.25, -0.2) is 4.79 Å². The standard InChI is InChI=1S/C12H22N2O4/c1-12(2,3)18-11(16)14-17-8-10(15)13-9-6-4-5-7-9/h9H,4-8H2,1-3H3,(H,13,15)(H,14,16). The van der Waals surface area contributed by atoms with E-state index >= 15 is 0 Å². The first-order valence-electron chi connectivity index (χ1n) is 6.27. The zero-order valence-electron chi connectivity index (χ0n) is 11.2. The van der Waals surface area contributed by atoms with E-state index in [0.717, 1.165) is 25.7 Å². The Morgan fingerprint density at radius 3 is 2.39 bits per heavy atom. The van der Waals surface area contributed by atoms with Gasteiger partial charge in [0.05, 0.1) is 0 Å². The highest BCUT2D eigenvalue weighted by atomic mass is 16.7. The minimum absolute atomic E-state index is 0.199. The summed E-state index contributed by atoms with van der Waals surface area (Å²) in [6.07, 6.45) is 3.65. The molecule has 2 N–H and O–H groups in total. The van der Waals surface area contributed by atoms with Gasteiger partial charge in [0.25, 0.3) is 0 Å². The fourth-order valence-electron chi connectivity index (χ4n) is 1.80. The molecule has 0 aromatic carbocycles. The first kappa shape index (κ1) is 14.8. The number of nitrogens with one attached hydrogen (secondary N) is 2. The van der Waals surface area contributed by atoms with E-state index in [-0.39, 0.29) is 18.6 Å². The fraction of sp³-hybridized carbons (Fsp3) is 0.833. The Hall–Kier alpha value is -1.30. The highest BCUT2D eigenvalue weighted by Gasteiger charge is 2.18. The molecular weight excluding hydrogens is 236 g/mol. The van der Waals surface area contributed by atoms with Crippen LogP contribution in [0.2, 0.25) is 0 Å². The predicted molar refractivity (Wildman–Crippen MR) is 65.7 cm³/mol. The van der Waals surface area contributed by atoms with Crippen molar-refractivity contribution in [3.05, 3.63) is 0 Å². The molecule has 1 fully saturated rings. The van der Waals surface area contributed by atoms with E-state index < -0.39 is 11.7 Å². The average molecular weight is 258 g/mol. The van der Waals surface area contributed by atoms with Gasteiger partial charge in [-0.05, 0) is 33.6 Å². The van der Waals surface area contributed by atoms with Crippen molar-refractivity contribution in [3.63, 3.8) is 0 Å². The lowest BCUT2D eigenvalue weighted by Crippen LogP contribution is -2.39. The van der Waals surface area contributed by atoms with Gasteiger partial charge in [0.1, 0.15) is 5.60 Å². The number of rotatable bonds is 4. The molecule has 0 atom stereocenters. The normalized spacial score (nSPS) is 16.4. The lowest BCUT2D eigenvalue weighted by Gasteiger charge is -2.19. The van der Waals surface area contributed by atoms with Gasteiger partial charge in [0, 0.05) is 6.04 Å². The van der Waals surface area contributed by atoms with Crippen LogP contribution in [-0.4, -0.2) is 30.3 Å². The highest BCUT2D eigenvalue weighted by Crippen LogP contribution is 2.17. The minimum Gasteiger partial charge on any atom is -0.442 e. The van der Waals surface area contributed by atoms with Crippen molar-refractivity contribution in [3.8, 4) is 0 Å². The van der Waals surface area contributed by atoms with Gasteiger partial charge in [0.15, 0.2) is 6.61 Å². The maximum atomic E-state index is 11.4. The number of hydrogen-bond acceptors (Lipinski definition) is 4. The molecule has 0 bridgehead atoms. The predicted octanol–water partition coefficient (Wildman–Crippen LogP) is 1.50. The highest BCUT2D eigenvalue weighted by molar-refractivity contribution is 5.77. The quantitative estimate of drug-likeness (QED) is 0.749. The summed E-state index contributed by atoms with van der Waals surface area (Å²) in [6.45, 7) is 5.05. The molecule has 1 aliphatic carbocycles. The molecule has 2 amide bonds. The van der Waals surface area contributed by atoms with Crippen LogP contribution in [0.3, 0.4) is 0 Å². The van der Waals surface area contributed by atoms with E-state index in [1.165, 1.54) is 0 Å². The van der Waals surface area contributed by atoms with Crippen LogP contribution in [0.5, 0.6) is 0 Å². The van der Waals surface area contributed by atoms with Gasteiger partial charge in [0.2, 0.25) is 5.91 Å². The van der Waals surface area contributed by atoms with Gasteiger partial charge < -0.3 is 10.1 Å². The first-order valence-corrected chi connectivity index (χ1v) is 6.27. The van der Waals surface area contributed by atoms with E-state index in [0.29, 0.717) is 0 Å². The third-order valence-electron chi connectivity index (χ3n) is 2.48. The number of hydrogen-bond donors (Lipinski definition) is 2. The molecular formula is C12H22N2O4. The second kappa shape index (κ2) is 6.58. The zero-order chi connectivity index (χ0) is 13.6. The molecule has 0 radical (unpaired) electrons. The van der Waals surface area contributed by atoms with Crippen molar-refractivity contribution in [2.75, 3.05) is 6.61 Å². The lowest BCUT2D eigenvalue weighted by atomic mass is 10.2. The van der Waals surface area contributed by atoms with E-state index in [1.54, 1.807) is 20.8 Å². The minimum atomic E-state index is -0.698. The Bertz CT molecular complexity index is 293. The summed E-state index contributed by atoms with van der Waals surface area (Å²) in [5.41, 5.74) is 1.49. The lowest BCUT2D eigenvalue weighted by molar-refractivity contribution is -0.128. The molecule has 1 rings (SSSR count). The molecule has 0 unspecified atom stereocenters. The van der Waals surface area contributed by atoms with Crippen LogP contribution < -0.4 is 10.8 Å². The van der Waals surface area contributed by atoms with Crippen LogP contribution in [0, 0.1) is 0 Å². The maximum absolute atomic E-state index is 11.4. The Balaban J connectivity index is 2.09. The van der Waals surface area contributed by atoms with Crippen molar-refractivity contribution in [1.82, 2.24) is 10.8 Å². The summed E-state index contributed by atoms with van der Waals surface area (Å²) in [5, 5.41) is 2.84. The van der Waals surface area contributed by atoms with Crippen LogP contribution in [-0.2, 0) is 14.4 Å².